The molecule has 0 aliphatic heterocycles. The Labute approximate surface area is 148 Å². The van der Waals surface area contributed by atoms with Gasteiger partial charge in [0.15, 0.2) is 5.58 Å². The summed E-state index contributed by atoms with van der Waals surface area (Å²) in [5, 5.41) is 2.90. The van der Waals surface area contributed by atoms with E-state index in [1.54, 1.807) is 37.0 Å². The van der Waals surface area contributed by atoms with Crippen molar-refractivity contribution < 1.29 is 13.6 Å². The summed E-state index contributed by atoms with van der Waals surface area (Å²) in [4.78, 5) is 16.6. The predicted octanol–water partition coefficient (Wildman–Crippen LogP) is 3.05. The Hall–Kier alpha value is -3.35. The van der Waals surface area contributed by atoms with E-state index in [2.05, 4.69) is 10.3 Å². The first-order valence-corrected chi connectivity index (χ1v) is 8.26. The molecule has 6 nitrogen and oxygen atoms in total. The lowest BCUT2D eigenvalue weighted by molar-refractivity contribution is 0.0944. The predicted molar refractivity (Wildman–Crippen MR) is 94.3 cm³/mol. The van der Waals surface area contributed by atoms with Gasteiger partial charge in [-0.1, -0.05) is 12.1 Å². The van der Waals surface area contributed by atoms with E-state index in [9.17, 15) is 9.18 Å². The van der Waals surface area contributed by atoms with Crippen molar-refractivity contribution in [2.24, 2.45) is 0 Å². The van der Waals surface area contributed by atoms with Gasteiger partial charge in [-0.25, -0.2) is 9.37 Å². The molecule has 4 rings (SSSR count). The minimum atomic E-state index is -0.301. The number of furan rings is 1. The van der Waals surface area contributed by atoms with E-state index in [-0.39, 0.29) is 11.7 Å². The zero-order valence-electron chi connectivity index (χ0n) is 13.9. The first-order chi connectivity index (χ1) is 12.7. The summed E-state index contributed by atoms with van der Waals surface area (Å²) in [5.74, 6) is -0.502. The van der Waals surface area contributed by atoms with Gasteiger partial charge in [0, 0.05) is 44.2 Å². The lowest BCUT2D eigenvalue weighted by atomic mass is 10.2. The summed E-state index contributed by atoms with van der Waals surface area (Å²) in [6.07, 6.45) is 6.81. The van der Waals surface area contributed by atoms with Crippen LogP contribution in [-0.2, 0) is 13.1 Å². The Morgan fingerprint density at radius 1 is 1.27 bits per heavy atom. The van der Waals surface area contributed by atoms with Crippen LogP contribution < -0.4 is 5.32 Å². The highest BCUT2D eigenvalue weighted by Gasteiger charge is 2.17. The number of aromatic nitrogens is 3. The fourth-order valence-electron chi connectivity index (χ4n) is 2.96. The number of hydrogen-bond acceptors (Lipinski definition) is 3. The summed E-state index contributed by atoms with van der Waals surface area (Å²) in [5.41, 5.74) is 2.68. The summed E-state index contributed by atoms with van der Waals surface area (Å²) in [6.45, 7) is 1.49. The number of carbonyl (C=O) groups is 1. The Bertz CT molecular complexity index is 1030. The number of fused-ring (bicyclic) bond motifs is 1. The third-order valence-electron chi connectivity index (χ3n) is 4.20. The van der Waals surface area contributed by atoms with Gasteiger partial charge in [0.05, 0.1) is 18.1 Å². The van der Waals surface area contributed by atoms with Gasteiger partial charge in [-0.15, -0.1) is 0 Å². The van der Waals surface area contributed by atoms with E-state index in [1.165, 1.54) is 12.1 Å². The van der Waals surface area contributed by atoms with Crippen LogP contribution in [0.4, 0.5) is 4.39 Å². The first kappa shape index (κ1) is 16.1. The van der Waals surface area contributed by atoms with Crippen LogP contribution in [0.25, 0.3) is 11.1 Å². The van der Waals surface area contributed by atoms with Crippen LogP contribution in [0.3, 0.4) is 0 Å². The van der Waals surface area contributed by atoms with Crippen molar-refractivity contribution >= 4 is 17.0 Å². The van der Waals surface area contributed by atoms with Gasteiger partial charge in [-0.2, -0.15) is 0 Å². The highest BCUT2D eigenvalue weighted by molar-refractivity contribution is 5.97. The minimum Gasteiger partial charge on any atom is -0.463 e. The molecule has 132 valence electrons. The van der Waals surface area contributed by atoms with Crippen molar-refractivity contribution in [3.8, 4) is 0 Å². The normalized spacial score (nSPS) is 11.1. The van der Waals surface area contributed by atoms with Gasteiger partial charge >= 0.3 is 0 Å². The Morgan fingerprint density at radius 2 is 2.19 bits per heavy atom. The molecule has 0 aliphatic rings. The summed E-state index contributed by atoms with van der Waals surface area (Å²) in [6, 6.07) is 9.86. The molecule has 0 bridgehead atoms. The zero-order valence-corrected chi connectivity index (χ0v) is 13.9. The third kappa shape index (κ3) is 3.23. The average Bonchev–Trinajstić information content (AvgIpc) is 3.34. The molecule has 4 aromatic rings. The van der Waals surface area contributed by atoms with Crippen molar-refractivity contribution in [2.45, 2.75) is 13.1 Å². The molecule has 0 saturated carbocycles. The number of carbonyl (C=O) groups excluding carboxylic acids is 1. The average molecular weight is 352 g/mol. The molecule has 0 saturated heterocycles. The number of hydrogen-bond donors (Lipinski definition) is 1. The second-order valence-corrected chi connectivity index (χ2v) is 5.97. The van der Waals surface area contributed by atoms with Crippen LogP contribution in [-0.4, -0.2) is 26.6 Å². The van der Waals surface area contributed by atoms with Crippen LogP contribution in [0.1, 0.15) is 16.1 Å². The van der Waals surface area contributed by atoms with Crippen molar-refractivity contribution in [1.29, 1.82) is 0 Å². The Balaban J connectivity index is 1.56. The van der Waals surface area contributed by atoms with Crippen LogP contribution in [0.5, 0.6) is 0 Å². The highest BCUT2D eigenvalue weighted by Crippen LogP contribution is 2.22. The molecule has 0 unspecified atom stereocenters. The topological polar surface area (TPSA) is 65.0 Å². The number of rotatable bonds is 6. The van der Waals surface area contributed by atoms with E-state index in [0.717, 1.165) is 11.1 Å². The standard InChI is InChI=1S/C19H17FN4O2/c20-15-3-1-2-14(10-15)12-24-16-4-9-26-18(16)11-17(24)19(25)22-6-8-23-7-5-21-13-23/h1-5,7,9-11,13H,6,8,12H2,(H,22,25). The van der Waals surface area contributed by atoms with Crippen LogP contribution >= 0.6 is 0 Å². The van der Waals surface area contributed by atoms with Crippen LogP contribution in [0.15, 0.2) is 65.8 Å². The number of nitrogens with zero attached hydrogens (tertiary/aromatic N) is 3. The molecule has 0 fully saturated rings. The van der Waals surface area contributed by atoms with Crippen molar-refractivity contribution in [1.82, 2.24) is 19.4 Å². The van der Waals surface area contributed by atoms with Crippen LogP contribution in [0, 0.1) is 5.82 Å². The molecular weight excluding hydrogens is 335 g/mol. The first-order valence-electron chi connectivity index (χ1n) is 8.26. The fourth-order valence-corrected chi connectivity index (χ4v) is 2.96. The van der Waals surface area contributed by atoms with Crippen molar-refractivity contribution in [3.63, 3.8) is 0 Å². The van der Waals surface area contributed by atoms with Gasteiger partial charge in [0.1, 0.15) is 11.5 Å². The molecule has 0 spiro atoms. The molecule has 3 heterocycles. The summed E-state index contributed by atoms with van der Waals surface area (Å²) < 4.78 is 22.6. The molecule has 7 heteroatoms. The second-order valence-electron chi connectivity index (χ2n) is 5.97. The number of benzene rings is 1. The van der Waals surface area contributed by atoms with E-state index < -0.39 is 0 Å². The van der Waals surface area contributed by atoms with Gasteiger partial charge < -0.3 is 18.9 Å². The Morgan fingerprint density at radius 3 is 3.00 bits per heavy atom. The largest absolute Gasteiger partial charge is 0.463 e. The molecular formula is C19H17FN4O2. The second kappa shape index (κ2) is 6.87. The van der Waals surface area contributed by atoms with E-state index in [1.807, 2.05) is 21.4 Å². The molecule has 1 aromatic carbocycles. The van der Waals surface area contributed by atoms with Gasteiger partial charge in [0.2, 0.25) is 0 Å². The third-order valence-corrected chi connectivity index (χ3v) is 4.20. The van der Waals surface area contributed by atoms with E-state index in [4.69, 9.17) is 4.42 Å². The fraction of sp³-hybridized carbons (Fsp3) is 0.158. The van der Waals surface area contributed by atoms with Gasteiger partial charge in [0.25, 0.3) is 5.91 Å². The van der Waals surface area contributed by atoms with Crippen molar-refractivity contribution in [2.75, 3.05) is 6.54 Å². The summed E-state index contributed by atoms with van der Waals surface area (Å²) >= 11 is 0. The number of halogens is 1. The van der Waals surface area contributed by atoms with E-state index >= 15 is 0 Å². The molecule has 1 N–H and O–H groups in total. The molecule has 0 atom stereocenters. The number of amides is 1. The molecule has 0 aliphatic carbocycles. The van der Waals surface area contributed by atoms with Gasteiger partial charge in [-0.05, 0) is 17.7 Å². The van der Waals surface area contributed by atoms with Crippen molar-refractivity contribution in [3.05, 3.63) is 78.5 Å². The molecule has 0 radical (unpaired) electrons. The van der Waals surface area contributed by atoms with Gasteiger partial charge in [-0.3, -0.25) is 4.79 Å². The lowest BCUT2D eigenvalue weighted by Crippen LogP contribution is -2.29. The maximum Gasteiger partial charge on any atom is 0.268 e. The molecule has 3 aromatic heterocycles. The maximum atomic E-state index is 13.5. The summed E-state index contributed by atoms with van der Waals surface area (Å²) in [7, 11) is 0. The zero-order chi connectivity index (χ0) is 17.9. The smallest absolute Gasteiger partial charge is 0.268 e. The monoisotopic (exact) mass is 352 g/mol. The molecule has 1 amide bonds. The highest BCUT2D eigenvalue weighted by atomic mass is 19.1. The minimum absolute atomic E-state index is 0.201. The SMILES string of the molecule is O=C(NCCn1ccnc1)c1cc2occc2n1Cc1cccc(F)c1. The van der Waals surface area contributed by atoms with E-state index in [0.29, 0.717) is 30.9 Å². The van der Waals surface area contributed by atoms with Crippen LogP contribution in [0.2, 0.25) is 0 Å². The number of nitrogens with one attached hydrogen (secondary N) is 1. The lowest BCUT2D eigenvalue weighted by Gasteiger charge is -2.11. The maximum absolute atomic E-state index is 13.5. The number of imidazole rings is 1. The quantitative estimate of drug-likeness (QED) is 0.580. The molecule has 26 heavy (non-hydrogen) atoms. The Kier molecular flexibility index (Phi) is 4.27.